The molecule has 4 aromatic heterocycles. The van der Waals surface area contributed by atoms with Gasteiger partial charge in [-0.2, -0.15) is 0 Å². The molecule has 2 N–H and O–H groups in total. The molecule has 0 spiro atoms. The maximum atomic E-state index is 12.4. The highest BCUT2D eigenvalue weighted by molar-refractivity contribution is 9.11. The van der Waals surface area contributed by atoms with Gasteiger partial charge in [0.05, 0.1) is 37.8 Å². The summed E-state index contributed by atoms with van der Waals surface area (Å²) >= 11 is 8.78. The molecule has 0 aliphatic rings. The quantitative estimate of drug-likeness (QED) is 0.108. The van der Waals surface area contributed by atoms with E-state index in [1.165, 1.54) is 0 Å². The van der Waals surface area contributed by atoms with Crippen LogP contribution in [0.25, 0.3) is 0 Å². The second-order valence-corrected chi connectivity index (χ2v) is 18.2. The third-order valence-electron chi connectivity index (χ3n) is 6.55. The third kappa shape index (κ3) is 10.3. The average Bonchev–Trinajstić information content (AvgIpc) is 3.91. The van der Waals surface area contributed by atoms with Gasteiger partial charge in [0.15, 0.2) is 0 Å². The topological polar surface area (TPSA) is 163 Å². The molecule has 0 bridgehead atoms. The number of aryl methyl sites for hydroxylation is 2. The van der Waals surface area contributed by atoms with Crippen LogP contribution in [-0.4, -0.2) is 27.1 Å². The average molecular weight is 887 g/mol. The summed E-state index contributed by atoms with van der Waals surface area (Å²) in [7, 11) is -7.46. The summed E-state index contributed by atoms with van der Waals surface area (Å²) in [5.74, 6) is 0.126. The highest BCUT2D eigenvalue weighted by atomic mass is 79.9. The van der Waals surface area contributed by atoms with Crippen molar-refractivity contribution in [3.8, 4) is 0 Å². The lowest BCUT2D eigenvalue weighted by Gasteiger charge is -2.03. The van der Waals surface area contributed by atoms with Gasteiger partial charge in [-0.1, -0.05) is 71.0 Å². The largest absolute Gasteiger partial charge is 0.371 e. The van der Waals surface area contributed by atoms with Crippen molar-refractivity contribution in [1.29, 1.82) is 0 Å². The summed E-state index contributed by atoms with van der Waals surface area (Å²) in [6.07, 6.45) is 0. The number of rotatable bonds is 14. The standard InChI is InChI=1S/2C16H15BrN2O4S2/c2*1-11-15(17)16(23-18-11)19-25(20,21)14-8-7-13(24-14)10-22-9-12-5-3-2-4-6-12/h2*2-8,19H,9-10H2,1H3. The fourth-order valence-corrected chi connectivity index (χ4v) is 9.36. The summed E-state index contributed by atoms with van der Waals surface area (Å²) in [6.45, 7) is 5.06. The van der Waals surface area contributed by atoms with Gasteiger partial charge in [-0.05, 0) is 81.1 Å². The number of hydrogen-bond acceptors (Lipinski definition) is 12. The van der Waals surface area contributed by atoms with Crippen LogP contribution in [-0.2, 0) is 55.9 Å². The summed E-state index contributed by atoms with van der Waals surface area (Å²) in [5.41, 5.74) is 3.27. The van der Waals surface area contributed by atoms with Crippen LogP contribution in [0, 0.1) is 13.8 Å². The normalized spacial score (nSPS) is 11.6. The van der Waals surface area contributed by atoms with Crippen molar-refractivity contribution in [3.63, 3.8) is 0 Å². The van der Waals surface area contributed by atoms with Crippen LogP contribution in [0.3, 0.4) is 0 Å². The Kier molecular flexibility index (Phi) is 13.1. The van der Waals surface area contributed by atoms with Crippen molar-refractivity contribution in [2.75, 3.05) is 9.44 Å². The molecule has 4 heterocycles. The molecular weight excluding hydrogens is 856 g/mol. The molecule has 0 saturated heterocycles. The lowest BCUT2D eigenvalue weighted by atomic mass is 10.2. The van der Waals surface area contributed by atoms with E-state index in [2.05, 4.69) is 51.6 Å². The molecule has 50 heavy (non-hydrogen) atoms. The van der Waals surface area contributed by atoms with Gasteiger partial charge in [0.2, 0.25) is 0 Å². The number of hydrogen-bond donors (Lipinski definition) is 2. The molecule has 6 rings (SSSR count). The lowest BCUT2D eigenvalue weighted by Crippen LogP contribution is -2.11. The van der Waals surface area contributed by atoms with Crippen LogP contribution in [0.5, 0.6) is 0 Å². The molecule has 0 aliphatic carbocycles. The van der Waals surface area contributed by atoms with E-state index in [-0.39, 0.29) is 20.2 Å². The van der Waals surface area contributed by atoms with Crippen LogP contribution in [0.1, 0.15) is 32.3 Å². The number of ether oxygens (including phenoxy) is 2. The minimum Gasteiger partial charge on any atom is -0.371 e. The number of nitrogens with one attached hydrogen (secondary N) is 2. The highest BCUT2D eigenvalue weighted by Gasteiger charge is 2.23. The number of anilines is 2. The first kappa shape index (κ1) is 37.9. The number of halogens is 2. The fraction of sp³-hybridized carbons (Fsp3) is 0.188. The molecule has 12 nitrogen and oxygen atoms in total. The second kappa shape index (κ2) is 17.2. The van der Waals surface area contributed by atoms with Gasteiger partial charge in [0, 0.05) is 9.75 Å². The molecule has 0 atom stereocenters. The molecule has 0 saturated carbocycles. The van der Waals surface area contributed by atoms with Crippen molar-refractivity contribution < 1.29 is 35.4 Å². The smallest absolute Gasteiger partial charge is 0.273 e. The third-order valence-corrected chi connectivity index (χ3v) is 14.2. The SMILES string of the molecule is Cc1noc(NS(=O)(=O)c2ccc(COCc3ccccc3)s2)c1Br.Cc1noc(NS(=O)(=O)c2ccc(COCc3ccccc3)s2)c1Br. The Bertz CT molecular complexity index is 2060. The maximum Gasteiger partial charge on any atom is 0.273 e. The van der Waals surface area contributed by atoms with Gasteiger partial charge in [-0.3, -0.25) is 0 Å². The Balaban J connectivity index is 0.000000194. The van der Waals surface area contributed by atoms with Crippen LogP contribution in [0.15, 0.2) is 111 Å². The second-order valence-electron chi connectivity index (χ2n) is 10.4. The van der Waals surface area contributed by atoms with Crippen molar-refractivity contribution in [3.05, 3.63) is 126 Å². The molecular formula is C32H30Br2N4O8S4. The van der Waals surface area contributed by atoms with Crippen LogP contribution in [0.4, 0.5) is 11.8 Å². The monoisotopic (exact) mass is 884 g/mol. The molecule has 0 fully saturated rings. The van der Waals surface area contributed by atoms with E-state index in [1.807, 2.05) is 60.7 Å². The van der Waals surface area contributed by atoms with Crippen LogP contribution in [0.2, 0.25) is 0 Å². The Morgan fingerprint density at radius 1 is 0.600 bits per heavy atom. The predicted molar refractivity (Wildman–Crippen MR) is 198 cm³/mol. The minimum absolute atomic E-state index is 0.0628. The van der Waals surface area contributed by atoms with Crippen molar-refractivity contribution in [2.45, 2.75) is 48.7 Å². The molecule has 0 aliphatic heterocycles. The molecule has 0 radical (unpaired) electrons. The summed E-state index contributed by atoms with van der Waals surface area (Å²) < 4.78 is 77.0. The van der Waals surface area contributed by atoms with Crippen molar-refractivity contribution >= 4 is 86.3 Å². The Labute approximate surface area is 314 Å². The molecule has 264 valence electrons. The molecule has 0 unspecified atom stereocenters. The minimum atomic E-state index is -3.73. The van der Waals surface area contributed by atoms with Gasteiger partial charge in [-0.25, -0.2) is 26.3 Å². The number of aromatic nitrogens is 2. The van der Waals surface area contributed by atoms with E-state index in [4.69, 9.17) is 18.5 Å². The van der Waals surface area contributed by atoms with E-state index in [0.717, 1.165) is 43.6 Å². The first-order valence-electron chi connectivity index (χ1n) is 14.6. The van der Waals surface area contributed by atoms with Gasteiger partial charge >= 0.3 is 0 Å². The van der Waals surface area contributed by atoms with E-state index in [1.54, 1.807) is 38.1 Å². The lowest BCUT2D eigenvalue weighted by molar-refractivity contribution is 0.109. The first-order chi connectivity index (χ1) is 23.9. The molecule has 18 heteroatoms. The van der Waals surface area contributed by atoms with Gasteiger partial charge < -0.3 is 18.5 Å². The highest BCUT2D eigenvalue weighted by Crippen LogP contribution is 2.31. The fourth-order valence-electron chi connectivity index (χ4n) is 4.04. The Morgan fingerprint density at radius 2 is 0.980 bits per heavy atom. The molecule has 6 aromatic rings. The first-order valence-corrected chi connectivity index (χ1v) is 20.8. The summed E-state index contributed by atoms with van der Waals surface area (Å²) in [5, 5.41) is 7.41. The van der Waals surface area contributed by atoms with Crippen LogP contribution < -0.4 is 9.44 Å². The van der Waals surface area contributed by atoms with Crippen LogP contribution >= 0.6 is 54.5 Å². The zero-order valence-corrected chi connectivity index (χ0v) is 32.9. The number of thiophene rings is 2. The number of sulfonamides is 2. The van der Waals surface area contributed by atoms with E-state index >= 15 is 0 Å². The molecule has 0 amide bonds. The number of benzene rings is 2. The van der Waals surface area contributed by atoms with Gasteiger partial charge in [0.25, 0.3) is 31.8 Å². The summed E-state index contributed by atoms with van der Waals surface area (Å²) in [6, 6.07) is 26.2. The zero-order valence-electron chi connectivity index (χ0n) is 26.5. The Hall–Kier alpha value is -3.36. The van der Waals surface area contributed by atoms with Gasteiger partial charge in [-0.15, -0.1) is 22.7 Å². The zero-order chi connectivity index (χ0) is 35.7. The Morgan fingerprint density at radius 3 is 1.32 bits per heavy atom. The van der Waals surface area contributed by atoms with E-state index in [9.17, 15) is 16.8 Å². The maximum absolute atomic E-state index is 12.4. The molecule has 2 aromatic carbocycles. The summed E-state index contributed by atoms with van der Waals surface area (Å²) in [4.78, 5) is 1.65. The van der Waals surface area contributed by atoms with Gasteiger partial charge in [0.1, 0.15) is 17.4 Å². The van der Waals surface area contributed by atoms with Crippen molar-refractivity contribution in [1.82, 2.24) is 10.3 Å². The number of nitrogens with zero attached hydrogens (tertiary/aromatic N) is 2. The van der Waals surface area contributed by atoms with E-state index < -0.39 is 20.0 Å². The predicted octanol–water partition coefficient (Wildman–Crippen LogP) is 8.65. The van der Waals surface area contributed by atoms with E-state index in [0.29, 0.717) is 46.8 Å². The van der Waals surface area contributed by atoms with Crippen molar-refractivity contribution in [2.24, 2.45) is 0 Å².